The predicted molar refractivity (Wildman–Crippen MR) is 63.0 cm³/mol. The Kier molecular flexibility index (Phi) is 5.62. The molecule has 0 amide bonds. The summed E-state index contributed by atoms with van der Waals surface area (Å²) >= 11 is 0. The highest BCUT2D eigenvalue weighted by Gasteiger charge is 2.23. The first kappa shape index (κ1) is 13.0. The van der Waals surface area contributed by atoms with Gasteiger partial charge in [0.25, 0.3) is 0 Å². The van der Waals surface area contributed by atoms with Crippen molar-refractivity contribution in [2.45, 2.75) is 76.9 Å². The van der Waals surface area contributed by atoms with E-state index in [0.717, 1.165) is 32.3 Å². The van der Waals surface area contributed by atoms with Gasteiger partial charge in [-0.25, -0.2) is 0 Å². The number of unbranched alkanes of at least 4 members (excludes halogenated alkanes) is 2. The van der Waals surface area contributed by atoms with E-state index < -0.39 is 5.60 Å². The van der Waals surface area contributed by atoms with E-state index in [2.05, 4.69) is 6.92 Å². The lowest BCUT2D eigenvalue weighted by Gasteiger charge is -2.24. The maximum atomic E-state index is 10.1. The normalized spacial score (nSPS) is 25.4. The highest BCUT2D eigenvalue weighted by molar-refractivity contribution is 4.76. The molecule has 0 aromatic rings. The third-order valence-corrected chi connectivity index (χ3v) is 3.35. The van der Waals surface area contributed by atoms with E-state index in [1.54, 1.807) is 0 Å². The summed E-state index contributed by atoms with van der Waals surface area (Å²) in [6.07, 6.45) is 9.26. The van der Waals surface area contributed by atoms with Crippen LogP contribution < -0.4 is 0 Å². The molecule has 0 aromatic heterocycles. The maximum absolute atomic E-state index is 10.1. The van der Waals surface area contributed by atoms with Crippen molar-refractivity contribution < 1.29 is 9.84 Å². The molecule has 1 rings (SSSR count). The molecule has 2 atom stereocenters. The molecule has 1 aliphatic heterocycles. The molecule has 2 nitrogen and oxygen atoms in total. The van der Waals surface area contributed by atoms with Crippen LogP contribution in [0.1, 0.15) is 65.2 Å². The SMILES string of the molecule is CCCCCC(C)(O)CCC1CCCO1. The largest absolute Gasteiger partial charge is 0.390 e. The Bertz CT molecular complexity index is 160. The predicted octanol–water partition coefficient (Wildman–Crippen LogP) is 3.28. The molecule has 2 unspecified atom stereocenters. The highest BCUT2D eigenvalue weighted by atomic mass is 16.5. The summed E-state index contributed by atoms with van der Waals surface area (Å²) in [6.45, 7) is 5.08. The molecule has 2 heteroatoms. The third kappa shape index (κ3) is 5.53. The van der Waals surface area contributed by atoms with E-state index in [1.807, 2.05) is 6.92 Å². The minimum Gasteiger partial charge on any atom is -0.390 e. The summed E-state index contributed by atoms with van der Waals surface area (Å²) in [5.41, 5.74) is -0.471. The molecule has 1 aliphatic rings. The summed E-state index contributed by atoms with van der Waals surface area (Å²) in [5.74, 6) is 0. The van der Waals surface area contributed by atoms with Gasteiger partial charge in [-0.15, -0.1) is 0 Å². The van der Waals surface area contributed by atoms with Crippen molar-refractivity contribution in [3.63, 3.8) is 0 Å². The lowest BCUT2D eigenvalue weighted by molar-refractivity contribution is 0.0168. The van der Waals surface area contributed by atoms with E-state index >= 15 is 0 Å². The van der Waals surface area contributed by atoms with Gasteiger partial charge in [-0.05, 0) is 39.0 Å². The van der Waals surface area contributed by atoms with Gasteiger partial charge in [0.2, 0.25) is 0 Å². The average molecular weight is 214 g/mol. The van der Waals surface area contributed by atoms with Gasteiger partial charge in [0, 0.05) is 6.61 Å². The highest BCUT2D eigenvalue weighted by Crippen LogP contribution is 2.25. The molecule has 1 heterocycles. The standard InChI is InChI=1S/C13H26O2/c1-3-4-5-9-13(2,14)10-8-12-7-6-11-15-12/h12,14H,3-11H2,1-2H3. The molecule has 90 valence electrons. The van der Waals surface area contributed by atoms with Crippen LogP contribution in [0.5, 0.6) is 0 Å². The van der Waals surface area contributed by atoms with Crippen molar-refractivity contribution in [3.8, 4) is 0 Å². The Morgan fingerprint density at radius 2 is 2.13 bits per heavy atom. The lowest BCUT2D eigenvalue weighted by Crippen LogP contribution is -2.25. The van der Waals surface area contributed by atoms with E-state index in [4.69, 9.17) is 4.74 Å². The van der Waals surface area contributed by atoms with Crippen molar-refractivity contribution in [1.29, 1.82) is 0 Å². The number of rotatable bonds is 7. The zero-order chi connectivity index (χ0) is 11.1. The Hall–Kier alpha value is -0.0800. The molecule has 0 bridgehead atoms. The molecule has 1 saturated heterocycles. The van der Waals surface area contributed by atoms with Crippen LogP contribution in [0, 0.1) is 0 Å². The van der Waals surface area contributed by atoms with E-state index in [-0.39, 0.29) is 0 Å². The van der Waals surface area contributed by atoms with Gasteiger partial charge >= 0.3 is 0 Å². The first-order chi connectivity index (χ1) is 7.14. The molecular formula is C13H26O2. The zero-order valence-electron chi connectivity index (χ0n) is 10.3. The Labute approximate surface area is 94.0 Å². The van der Waals surface area contributed by atoms with Crippen LogP contribution in [0.4, 0.5) is 0 Å². The summed E-state index contributed by atoms with van der Waals surface area (Å²) in [4.78, 5) is 0. The first-order valence-corrected chi connectivity index (χ1v) is 6.48. The van der Waals surface area contributed by atoms with E-state index in [1.165, 1.54) is 25.7 Å². The van der Waals surface area contributed by atoms with E-state index in [0.29, 0.717) is 6.10 Å². The fraction of sp³-hybridized carbons (Fsp3) is 1.00. The topological polar surface area (TPSA) is 29.5 Å². The van der Waals surface area contributed by atoms with E-state index in [9.17, 15) is 5.11 Å². The number of aliphatic hydroxyl groups is 1. The van der Waals surface area contributed by atoms with Crippen LogP contribution in [0.2, 0.25) is 0 Å². The molecule has 15 heavy (non-hydrogen) atoms. The molecule has 1 fully saturated rings. The molecule has 0 saturated carbocycles. The van der Waals surface area contributed by atoms with Crippen LogP contribution in [0.25, 0.3) is 0 Å². The number of hydrogen-bond donors (Lipinski definition) is 1. The smallest absolute Gasteiger partial charge is 0.0620 e. The van der Waals surface area contributed by atoms with Gasteiger partial charge in [-0.3, -0.25) is 0 Å². The van der Waals surface area contributed by atoms with Gasteiger partial charge in [0.15, 0.2) is 0 Å². The second-order valence-corrected chi connectivity index (χ2v) is 5.13. The van der Waals surface area contributed by atoms with Crippen molar-refractivity contribution in [2.75, 3.05) is 6.61 Å². The van der Waals surface area contributed by atoms with Gasteiger partial charge in [-0.1, -0.05) is 26.2 Å². The monoisotopic (exact) mass is 214 g/mol. The Morgan fingerprint density at radius 3 is 2.73 bits per heavy atom. The van der Waals surface area contributed by atoms with Gasteiger partial charge in [-0.2, -0.15) is 0 Å². The van der Waals surface area contributed by atoms with Gasteiger partial charge in [0.1, 0.15) is 0 Å². The molecule has 0 aromatic carbocycles. The molecule has 0 spiro atoms. The van der Waals surface area contributed by atoms with Gasteiger partial charge in [0.05, 0.1) is 11.7 Å². The van der Waals surface area contributed by atoms with Crippen LogP contribution in [0.15, 0.2) is 0 Å². The van der Waals surface area contributed by atoms with Crippen molar-refractivity contribution in [2.24, 2.45) is 0 Å². The minimum atomic E-state index is -0.471. The summed E-state index contributed by atoms with van der Waals surface area (Å²) < 4.78 is 5.56. The van der Waals surface area contributed by atoms with Crippen LogP contribution in [-0.2, 0) is 4.74 Å². The second kappa shape index (κ2) is 6.49. The van der Waals surface area contributed by atoms with Crippen LogP contribution >= 0.6 is 0 Å². The average Bonchev–Trinajstić information content (AvgIpc) is 2.68. The molecule has 0 radical (unpaired) electrons. The minimum absolute atomic E-state index is 0.419. The van der Waals surface area contributed by atoms with Crippen molar-refractivity contribution >= 4 is 0 Å². The Morgan fingerprint density at radius 1 is 1.33 bits per heavy atom. The molecule has 1 N–H and O–H groups in total. The first-order valence-electron chi connectivity index (χ1n) is 6.48. The Balaban J connectivity index is 2.10. The summed E-state index contributed by atoms with van der Waals surface area (Å²) in [5, 5.41) is 10.1. The van der Waals surface area contributed by atoms with Crippen molar-refractivity contribution in [1.82, 2.24) is 0 Å². The van der Waals surface area contributed by atoms with Crippen LogP contribution in [0.3, 0.4) is 0 Å². The van der Waals surface area contributed by atoms with Crippen molar-refractivity contribution in [3.05, 3.63) is 0 Å². The number of hydrogen-bond acceptors (Lipinski definition) is 2. The quantitative estimate of drug-likeness (QED) is 0.659. The third-order valence-electron chi connectivity index (χ3n) is 3.35. The lowest BCUT2D eigenvalue weighted by atomic mass is 9.91. The summed E-state index contributed by atoms with van der Waals surface area (Å²) in [6, 6.07) is 0. The fourth-order valence-electron chi connectivity index (χ4n) is 2.22. The second-order valence-electron chi connectivity index (χ2n) is 5.13. The number of ether oxygens (including phenoxy) is 1. The molecular weight excluding hydrogens is 188 g/mol. The fourth-order valence-corrected chi connectivity index (χ4v) is 2.22. The zero-order valence-corrected chi connectivity index (χ0v) is 10.3. The molecule has 0 aliphatic carbocycles. The maximum Gasteiger partial charge on any atom is 0.0620 e. The van der Waals surface area contributed by atoms with Crippen LogP contribution in [-0.4, -0.2) is 23.4 Å². The van der Waals surface area contributed by atoms with Gasteiger partial charge < -0.3 is 9.84 Å². The summed E-state index contributed by atoms with van der Waals surface area (Å²) in [7, 11) is 0.